The molecule has 3 rings (SSSR count). The first-order valence-electron chi connectivity index (χ1n) is 6.57. The number of rotatable bonds is 5. The zero-order valence-corrected chi connectivity index (χ0v) is 12.3. The average Bonchev–Trinajstić information content (AvgIpc) is 3.18. The molecule has 1 atom stereocenters. The molecule has 0 aliphatic rings. The SMILES string of the molecule is CCn1cc(NC(c2cccs2)c2nccn2C)cn1. The lowest BCUT2D eigenvalue weighted by atomic mass is 10.2. The van der Waals surface area contributed by atoms with Gasteiger partial charge in [-0.05, 0) is 18.4 Å². The summed E-state index contributed by atoms with van der Waals surface area (Å²) in [6, 6.07) is 4.23. The Bertz CT molecular complexity index is 667. The third-order valence-electron chi connectivity index (χ3n) is 3.21. The molecule has 20 heavy (non-hydrogen) atoms. The number of aryl methyl sites for hydroxylation is 2. The molecule has 0 fully saturated rings. The monoisotopic (exact) mass is 287 g/mol. The van der Waals surface area contributed by atoms with E-state index in [4.69, 9.17) is 0 Å². The maximum Gasteiger partial charge on any atom is 0.136 e. The topological polar surface area (TPSA) is 47.7 Å². The van der Waals surface area contributed by atoms with Gasteiger partial charge in [-0.3, -0.25) is 4.68 Å². The number of imidazole rings is 1. The second kappa shape index (κ2) is 5.50. The van der Waals surface area contributed by atoms with Crippen molar-refractivity contribution in [2.75, 3.05) is 5.32 Å². The van der Waals surface area contributed by atoms with Crippen LogP contribution in [-0.4, -0.2) is 19.3 Å². The van der Waals surface area contributed by atoms with E-state index in [0.29, 0.717) is 0 Å². The number of aromatic nitrogens is 4. The second-order valence-corrected chi connectivity index (χ2v) is 5.55. The Morgan fingerprint density at radius 3 is 2.95 bits per heavy atom. The Kier molecular flexibility index (Phi) is 3.56. The van der Waals surface area contributed by atoms with Gasteiger partial charge < -0.3 is 9.88 Å². The molecule has 0 saturated heterocycles. The lowest BCUT2D eigenvalue weighted by molar-refractivity contribution is 0.660. The summed E-state index contributed by atoms with van der Waals surface area (Å²) in [7, 11) is 2.01. The maximum atomic E-state index is 4.48. The fourth-order valence-electron chi connectivity index (χ4n) is 2.15. The molecule has 3 heterocycles. The van der Waals surface area contributed by atoms with E-state index in [-0.39, 0.29) is 6.04 Å². The fourth-order valence-corrected chi connectivity index (χ4v) is 2.92. The van der Waals surface area contributed by atoms with Crippen molar-refractivity contribution in [3.8, 4) is 0 Å². The van der Waals surface area contributed by atoms with Gasteiger partial charge >= 0.3 is 0 Å². The van der Waals surface area contributed by atoms with Crippen molar-refractivity contribution in [3.05, 3.63) is 53.0 Å². The molecule has 0 aromatic carbocycles. The van der Waals surface area contributed by atoms with Gasteiger partial charge in [0.25, 0.3) is 0 Å². The van der Waals surface area contributed by atoms with Crippen molar-refractivity contribution in [2.45, 2.75) is 19.5 Å². The van der Waals surface area contributed by atoms with Gasteiger partial charge in [-0.25, -0.2) is 4.98 Å². The molecule has 3 aromatic rings. The minimum Gasteiger partial charge on any atom is -0.368 e. The number of thiophene rings is 1. The molecule has 1 unspecified atom stereocenters. The van der Waals surface area contributed by atoms with Gasteiger partial charge in [-0.15, -0.1) is 11.3 Å². The van der Waals surface area contributed by atoms with Crippen LogP contribution in [0.2, 0.25) is 0 Å². The lowest BCUT2D eigenvalue weighted by Gasteiger charge is -2.17. The van der Waals surface area contributed by atoms with E-state index in [1.165, 1.54) is 4.88 Å². The molecule has 0 aliphatic carbocycles. The van der Waals surface area contributed by atoms with Crippen LogP contribution in [0.5, 0.6) is 0 Å². The quantitative estimate of drug-likeness (QED) is 0.785. The van der Waals surface area contributed by atoms with Crippen LogP contribution in [0.3, 0.4) is 0 Å². The average molecular weight is 287 g/mol. The van der Waals surface area contributed by atoms with Gasteiger partial charge in [0.05, 0.1) is 11.9 Å². The van der Waals surface area contributed by atoms with Crippen LogP contribution in [0.25, 0.3) is 0 Å². The van der Waals surface area contributed by atoms with E-state index < -0.39 is 0 Å². The molecule has 5 nitrogen and oxygen atoms in total. The van der Waals surface area contributed by atoms with Crippen molar-refractivity contribution < 1.29 is 0 Å². The molecular formula is C14H17N5S. The largest absolute Gasteiger partial charge is 0.368 e. The highest BCUT2D eigenvalue weighted by molar-refractivity contribution is 7.10. The van der Waals surface area contributed by atoms with Gasteiger partial charge in [0, 0.05) is 37.1 Å². The summed E-state index contributed by atoms with van der Waals surface area (Å²) >= 11 is 1.73. The van der Waals surface area contributed by atoms with Crippen molar-refractivity contribution in [2.24, 2.45) is 7.05 Å². The van der Waals surface area contributed by atoms with Crippen LogP contribution in [0.1, 0.15) is 23.7 Å². The fraction of sp³-hybridized carbons (Fsp3) is 0.286. The summed E-state index contributed by atoms with van der Waals surface area (Å²) < 4.78 is 3.95. The van der Waals surface area contributed by atoms with E-state index in [2.05, 4.69) is 39.8 Å². The summed E-state index contributed by atoms with van der Waals surface area (Å²) in [5.74, 6) is 0.997. The highest BCUT2D eigenvalue weighted by atomic mass is 32.1. The second-order valence-electron chi connectivity index (χ2n) is 4.57. The first-order chi connectivity index (χ1) is 9.78. The first-order valence-corrected chi connectivity index (χ1v) is 7.45. The smallest absolute Gasteiger partial charge is 0.136 e. The Hall–Kier alpha value is -2.08. The van der Waals surface area contributed by atoms with Crippen LogP contribution >= 0.6 is 11.3 Å². The molecule has 0 amide bonds. The number of nitrogens with one attached hydrogen (secondary N) is 1. The molecule has 104 valence electrons. The Labute approximate surface area is 121 Å². The summed E-state index contributed by atoms with van der Waals surface area (Å²) in [5, 5.41) is 9.91. The van der Waals surface area contributed by atoms with Crippen molar-refractivity contribution >= 4 is 17.0 Å². The minimum atomic E-state index is 0.0458. The van der Waals surface area contributed by atoms with Gasteiger partial charge in [-0.2, -0.15) is 5.10 Å². The van der Waals surface area contributed by atoms with Gasteiger partial charge in [0.1, 0.15) is 11.9 Å². The predicted molar refractivity (Wildman–Crippen MR) is 80.9 cm³/mol. The van der Waals surface area contributed by atoms with Crippen LogP contribution in [-0.2, 0) is 13.6 Å². The standard InChI is InChI=1S/C14H17N5S/c1-3-19-10-11(9-16-19)17-13(12-5-4-8-20-12)14-15-6-7-18(14)2/h4-10,13,17H,3H2,1-2H3. The number of hydrogen-bond acceptors (Lipinski definition) is 4. The summed E-state index contributed by atoms with van der Waals surface area (Å²) in [5.41, 5.74) is 1.01. The molecule has 3 aromatic heterocycles. The maximum absolute atomic E-state index is 4.48. The highest BCUT2D eigenvalue weighted by Crippen LogP contribution is 2.28. The van der Waals surface area contributed by atoms with Crippen LogP contribution in [0, 0.1) is 0 Å². The Balaban J connectivity index is 1.92. The van der Waals surface area contributed by atoms with Crippen molar-refractivity contribution in [1.82, 2.24) is 19.3 Å². The zero-order chi connectivity index (χ0) is 13.9. The van der Waals surface area contributed by atoms with Gasteiger partial charge in [-0.1, -0.05) is 6.07 Å². The molecule has 6 heteroatoms. The van der Waals surface area contributed by atoms with E-state index in [9.17, 15) is 0 Å². The normalized spacial score (nSPS) is 12.5. The van der Waals surface area contributed by atoms with E-state index >= 15 is 0 Å². The predicted octanol–water partition coefficient (Wildman–Crippen LogP) is 2.90. The third kappa shape index (κ3) is 2.46. The van der Waals surface area contributed by atoms with Gasteiger partial charge in [0.2, 0.25) is 0 Å². The van der Waals surface area contributed by atoms with Gasteiger partial charge in [0.15, 0.2) is 0 Å². The number of hydrogen-bond donors (Lipinski definition) is 1. The van der Waals surface area contributed by atoms with Crippen molar-refractivity contribution in [1.29, 1.82) is 0 Å². The molecule has 0 spiro atoms. The summed E-state index contributed by atoms with van der Waals surface area (Å²) in [4.78, 5) is 5.71. The third-order valence-corrected chi connectivity index (χ3v) is 4.15. The molecule has 0 bridgehead atoms. The first kappa shape index (κ1) is 12.9. The molecular weight excluding hydrogens is 270 g/mol. The number of anilines is 1. The molecule has 0 aliphatic heterocycles. The molecule has 1 N–H and O–H groups in total. The van der Waals surface area contributed by atoms with Crippen LogP contribution in [0.15, 0.2) is 42.3 Å². The Morgan fingerprint density at radius 1 is 1.45 bits per heavy atom. The van der Waals surface area contributed by atoms with Crippen LogP contribution in [0.4, 0.5) is 5.69 Å². The van der Waals surface area contributed by atoms with E-state index in [1.807, 2.05) is 41.1 Å². The zero-order valence-electron chi connectivity index (χ0n) is 11.5. The summed E-state index contributed by atoms with van der Waals surface area (Å²) in [6.45, 7) is 2.94. The number of nitrogens with zero attached hydrogens (tertiary/aromatic N) is 4. The summed E-state index contributed by atoms with van der Waals surface area (Å²) in [6.07, 6.45) is 7.66. The molecule has 0 saturated carbocycles. The Morgan fingerprint density at radius 2 is 2.35 bits per heavy atom. The van der Waals surface area contributed by atoms with E-state index in [1.54, 1.807) is 11.3 Å². The van der Waals surface area contributed by atoms with Crippen molar-refractivity contribution in [3.63, 3.8) is 0 Å². The molecule has 0 radical (unpaired) electrons. The minimum absolute atomic E-state index is 0.0458. The van der Waals surface area contributed by atoms with E-state index in [0.717, 1.165) is 18.1 Å². The van der Waals surface area contributed by atoms with Crippen LogP contribution < -0.4 is 5.32 Å². The lowest BCUT2D eigenvalue weighted by Crippen LogP contribution is -2.15. The highest BCUT2D eigenvalue weighted by Gasteiger charge is 2.19.